The minimum Gasteiger partial charge on any atom is -0.303 e. The van der Waals surface area contributed by atoms with Gasteiger partial charge < -0.3 is 4.90 Å². The first-order chi connectivity index (χ1) is 5.86. The van der Waals surface area contributed by atoms with Gasteiger partial charge in [0.25, 0.3) is 0 Å². The van der Waals surface area contributed by atoms with Crippen LogP contribution in [0.3, 0.4) is 0 Å². The molecule has 2 aliphatic heterocycles. The fourth-order valence-electron chi connectivity index (χ4n) is 2.05. The summed E-state index contributed by atoms with van der Waals surface area (Å²) < 4.78 is 0. The monoisotopic (exact) mass is 171 g/mol. The van der Waals surface area contributed by atoms with Crippen LogP contribution in [0.1, 0.15) is 41.0 Å². The van der Waals surface area contributed by atoms with Crippen LogP contribution < -0.4 is 0 Å². The summed E-state index contributed by atoms with van der Waals surface area (Å²) in [4.78, 5) is 2.58. The second-order valence-corrected chi connectivity index (χ2v) is 3.29. The molecule has 1 heteroatoms. The molecule has 12 heavy (non-hydrogen) atoms. The highest BCUT2D eigenvalue weighted by atomic mass is 15.2. The molecule has 3 atom stereocenters. The molecule has 2 bridgehead atoms. The molecular formula is C11H25N. The lowest BCUT2D eigenvalue weighted by Crippen LogP contribution is -2.21. The van der Waals surface area contributed by atoms with Crippen molar-refractivity contribution in [2.45, 2.75) is 41.0 Å². The number of fused-ring (bicyclic) bond motifs is 2. The first-order valence-corrected chi connectivity index (χ1v) is 5.58. The van der Waals surface area contributed by atoms with Crippen molar-refractivity contribution in [1.29, 1.82) is 0 Å². The molecule has 2 rings (SSSR count). The molecule has 1 nitrogen and oxygen atoms in total. The minimum atomic E-state index is 1.00. The van der Waals surface area contributed by atoms with Crippen LogP contribution in [-0.2, 0) is 0 Å². The number of rotatable bonds is 0. The van der Waals surface area contributed by atoms with Gasteiger partial charge in [-0.1, -0.05) is 34.6 Å². The average Bonchev–Trinajstić information content (AvgIpc) is 2.72. The van der Waals surface area contributed by atoms with Gasteiger partial charge in [-0.25, -0.2) is 0 Å². The van der Waals surface area contributed by atoms with Crippen LogP contribution in [0.4, 0.5) is 0 Å². The standard InChI is InChI=1S/C7H13N.2C2H6/c1-6-4-8-3-2-7(6)5-8;2*1-2/h6-7H,2-5H2,1H3;2*1-2H3. The molecule has 0 spiro atoms. The summed E-state index contributed by atoms with van der Waals surface area (Å²) in [6.45, 7) is 14.5. The molecule has 0 aliphatic carbocycles. The lowest BCUT2D eigenvalue weighted by atomic mass is 9.95. The van der Waals surface area contributed by atoms with E-state index in [-0.39, 0.29) is 0 Å². The molecule has 0 amide bonds. The predicted octanol–water partition coefficient (Wildman–Crippen LogP) is 3.01. The molecule has 0 saturated carbocycles. The Hall–Kier alpha value is -0.0400. The summed E-state index contributed by atoms with van der Waals surface area (Å²) in [5, 5.41) is 0. The van der Waals surface area contributed by atoms with Crippen LogP contribution in [0.5, 0.6) is 0 Å². The lowest BCUT2D eigenvalue weighted by Gasteiger charge is -2.16. The zero-order valence-corrected chi connectivity index (χ0v) is 9.43. The van der Waals surface area contributed by atoms with Crippen molar-refractivity contribution in [1.82, 2.24) is 4.90 Å². The fourth-order valence-corrected chi connectivity index (χ4v) is 2.05. The Morgan fingerprint density at radius 2 is 1.58 bits per heavy atom. The Bertz CT molecular complexity index is 99.2. The molecule has 2 saturated heterocycles. The van der Waals surface area contributed by atoms with Gasteiger partial charge in [0.15, 0.2) is 0 Å². The van der Waals surface area contributed by atoms with Crippen LogP contribution in [-0.4, -0.2) is 24.5 Å². The summed E-state index contributed by atoms with van der Waals surface area (Å²) in [5.74, 6) is 2.07. The molecule has 0 radical (unpaired) electrons. The smallest absolute Gasteiger partial charge is 0.00133 e. The zero-order chi connectivity index (χ0) is 9.56. The molecular weight excluding hydrogens is 146 g/mol. The Kier molecular flexibility index (Phi) is 6.45. The third-order valence-corrected chi connectivity index (χ3v) is 2.66. The van der Waals surface area contributed by atoms with Crippen molar-refractivity contribution in [2.75, 3.05) is 19.6 Å². The van der Waals surface area contributed by atoms with Crippen LogP contribution in [0, 0.1) is 11.8 Å². The Labute approximate surface area is 78.1 Å². The largest absolute Gasteiger partial charge is 0.303 e. The van der Waals surface area contributed by atoms with E-state index in [1.165, 1.54) is 26.1 Å². The molecule has 0 aromatic carbocycles. The van der Waals surface area contributed by atoms with Gasteiger partial charge in [0.05, 0.1) is 0 Å². The zero-order valence-electron chi connectivity index (χ0n) is 9.43. The number of nitrogens with zero attached hydrogens (tertiary/aromatic N) is 1. The molecule has 74 valence electrons. The maximum Gasteiger partial charge on any atom is 0.00133 e. The number of hydrogen-bond donors (Lipinski definition) is 0. The topological polar surface area (TPSA) is 3.24 Å². The van der Waals surface area contributed by atoms with Gasteiger partial charge in [0, 0.05) is 13.1 Å². The van der Waals surface area contributed by atoms with E-state index in [2.05, 4.69) is 11.8 Å². The molecule has 3 unspecified atom stereocenters. The van der Waals surface area contributed by atoms with Crippen LogP contribution in [0.2, 0.25) is 0 Å². The van der Waals surface area contributed by atoms with E-state index < -0.39 is 0 Å². The normalized spacial score (nSPS) is 36.2. The van der Waals surface area contributed by atoms with Gasteiger partial charge in [-0.05, 0) is 24.8 Å². The van der Waals surface area contributed by atoms with Crippen molar-refractivity contribution in [3.8, 4) is 0 Å². The van der Waals surface area contributed by atoms with Crippen molar-refractivity contribution in [2.24, 2.45) is 11.8 Å². The second kappa shape index (κ2) is 6.47. The fraction of sp³-hybridized carbons (Fsp3) is 1.00. The molecule has 2 heterocycles. The van der Waals surface area contributed by atoms with Gasteiger partial charge >= 0.3 is 0 Å². The number of piperidine rings is 1. The van der Waals surface area contributed by atoms with Crippen molar-refractivity contribution in [3.05, 3.63) is 0 Å². The van der Waals surface area contributed by atoms with E-state index in [1.807, 2.05) is 27.7 Å². The SMILES string of the molecule is CC.CC.CC1CN2CCC1C2. The Morgan fingerprint density at radius 3 is 1.75 bits per heavy atom. The molecule has 0 aromatic rings. The minimum absolute atomic E-state index is 1.00. The summed E-state index contributed by atoms with van der Waals surface area (Å²) in [5.41, 5.74) is 0. The maximum atomic E-state index is 2.58. The summed E-state index contributed by atoms with van der Waals surface area (Å²) >= 11 is 0. The highest BCUT2D eigenvalue weighted by molar-refractivity contribution is 4.87. The second-order valence-electron chi connectivity index (χ2n) is 3.29. The average molecular weight is 171 g/mol. The summed E-state index contributed by atoms with van der Waals surface area (Å²) in [6, 6.07) is 0. The van der Waals surface area contributed by atoms with Crippen molar-refractivity contribution < 1.29 is 0 Å². The quantitative estimate of drug-likeness (QED) is 0.541. The van der Waals surface area contributed by atoms with Gasteiger partial charge in [-0.15, -0.1) is 0 Å². The van der Waals surface area contributed by atoms with Crippen molar-refractivity contribution in [3.63, 3.8) is 0 Å². The highest BCUT2D eigenvalue weighted by Crippen LogP contribution is 2.31. The molecule has 0 aromatic heterocycles. The van der Waals surface area contributed by atoms with Gasteiger partial charge in [-0.3, -0.25) is 0 Å². The van der Waals surface area contributed by atoms with Crippen molar-refractivity contribution >= 4 is 0 Å². The summed E-state index contributed by atoms with van der Waals surface area (Å²) in [6.07, 6.45) is 1.47. The van der Waals surface area contributed by atoms with Crippen LogP contribution in [0.15, 0.2) is 0 Å². The van der Waals surface area contributed by atoms with Gasteiger partial charge in [0.1, 0.15) is 0 Å². The number of hydrogen-bond acceptors (Lipinski definition) is 1. The first-order valence-electron chi connectivity index (χ1n) is 5.58. The molecule has 0 N–H and O–H groups in total. The molecule has 2 aliphatic rings. The van der Waals surface area contributed by atoms with E-state index in [1.54, 1.807) is 0 Å². The Morgan fingerprint density at radius 1 is 1.00 bits per heavy atom. The van der Waals surface area contributed by atoms with E-state index in [9.17, 15) is 0 Å². The van der Waals surface area contributed by atoms with Gasteiger partial charge in [-0.2, -0.15) is 0 Å². The lowest BCUT2D eigenvalue weighted by molar-refractivity contribution is 0.316. The van der Waals surface area contributed by atoms with Crippen LogP contribution >= 0.6 is 0 Å². The maximum absolute atomic E-state index is 2.58. The van der Waals surface area contributed by atoms with Gasteiger partial charge in [0.2, 0.25) is 0 Å². The third-order valence-electron chi connectivity index (χ3n) is 2.66. The van der Waals surface area contributed by atoms with E-state index in [4.69, 9.17) is 0 Å². The van der Waals surface area contributed by atoms with Crippen LogP contribution in [0.25, 0.3) is 0 Å². The van der Waals surface area contributed by atoms with E-state index in [0.717, 1.165) is 11.8 Å². The first kappa shape index (κ1) is 12.0. The predicted molar refractivity (Wildman–Crippen MR) is 56.4 cm³/mol. The third kappa shape index (κ3) is 2.78. The highest BCUT2D eigenvalue weighted by Gasteiger charge is 2.34. The molecule has 2 fully saturated rings. The summed E-state index contributed by atoms with van der Waals surface area (Å²) in [7, 11) is 0. The van der Waals surface area contributed by atoms with E-state index >= 15 is 0 Å². The van der Waals surface area contributed by atoms with E-state index in [0.29, 0.717) is 0 Å². The Balaban J connectivity index is 0.000000269.